The largest absolute Gasteiger partial charge is 0.312 e. The Kier molecular flexibility index (Phi) is 5.22. The molecule has 2 aromatic rings. The van der Waals surface area contributed by atoms with Gasteiger partial charge in [-0.2, -0.15) is 0 Å². The van der Waals surface area contributed by atoms with E-state index in [4.69, 9.17) is 0 Å². The van der Waals surface area contributed by atoms with Gasteiger partial charge in [-0.3, -0.25) is 20.4 Å². The molecule has 1 fully saturated rings. The molecular formula is C18H20BrN5O2. The molecule has 0 radical (unpaired) electrons. The van der Waals surface area contributed by atoms with E-state index < -0.39 is 5.92 Å². The Hall–Kier alpha value is -2.48. The van der Waals surface area contributed by atoms with Gasteiger partial charge in [0.2, 0.25) is 17.8 Å². The van der Waals surface area contributed by atoms with Crippen LogP contribution in [0.25, 0.3) is 0 Å². The Labute approximate surface area is 160 Å². The molecule has 0 bridgehead atoms. The van der Waals surface area contributed by atoms with E-state index in [1.54, 1.807) is 4.90 Å². The molecule has 26 heavy (non-hydrogen) atoms. The summed E-state index contributed by atoms with van der Waals surface area (Å²) >= 11 is 3.45. The monoisotopic (exact) mass is 417 g/mol. The first kappa shape index (κ1) is 18.3. The number of hydrogen-bond acceptors (Lipinski definition) is 5. The van der Waals surface area contributed by atoms with Crippen molar-refractivity contribution in [3.63, 3.8) is 0 Å². The van der Waals surface area contributed by atoms with Crippen LogP contribution >= 0.6 is 15.9 Å². The standard InChI is InChI=1S/C18H20BrN5O2/c1-10-6-14(4-5-15(10)19)24-9-13(8-16(24)25)17(26)22-23-18-20-11(2)7-12(3)21-18/h4-7,13H,8-9H2,1-3H3,(H,22,26)(H,20,21,23)/t13-/m1/s1. The van der Waals surface area contributed by atoms with Crippen LogP contribution in [0.2, 0.25) is 0 Å². The minimum absolute atomic E-state index is 0.0606. The first-order chi connectivity index (χ1) is 12.3. The Morgan fingerprint density at radius 3 is 2.54 bits per heavy atom. The number of carbonyl (C=O) groups excluding carboxylic acids is 2. The zero-order valence-electron chi connectivity index (χ0n) is 14.8. The van der Waals surface area contributed by atoms with Crippen molar-refractivity contribution < 1.29 is 9.59 Å². The highest BCUT2D eigenvalue weighted by Gasteiger charge is 2.35. The van der Waals surface area contributed by atoms with E-state index in [1.807, 2.05) is 45.0 Å². The lowest BCUT2D eigenvalue weighted by Crippen LogP contribution is -2.37. The third kappa shape index (κ3) is 4.01. The van der Waals surface area contributed by atoms with Gasteiger partial charge < -0.3 is 4.90 Å². The molecule has 7 nitrogen and oxygen atoms in total. The lowest BCUT2D eigenvalue weighted by Gasteiger charge is -2.18. The fourth-order valence-corrected chi connectivity index (χ4v) is 3.18. The lowest BCUT2D eigenvalue weighted by atomic mass is 10.1. The number of aryl methyl sites for hydroxylation is 3. The van der Waals surface area contributed by atoms with Crippen molar-refractivity contribution in [2.24, 2.45) is 5.92 Å². The number of anilines is 2. The average molecular weight is 418 g/mol. The van der Waals surface area contributed by atoms with E-state index >= 15 is 0 Å². The van der Waals surface area contributed by atoms with Crippen LogP contribution in [-0.4, -0.2) is 28.3 Å². The van der Waals surface area contributed by atoms with Gasteiger partial charge in [0, 0.05) is 34.5 Å². The number of benzene rings is 1. The highest BCUT2D eigenvalue weighted by atomic mass is 79.9. The Balaban J connectivity index is 1.64. The summed E-state index contributed by atoms with van der Waals surface area (Å²) in [5, 5.41) is 0. The normalized spacial score (nSPS) is 16.7. The van der Waals surface area contributed by atoms with Crippen LogP contribution in [0.15, 0.2) is 28.7 Å². The molecule has 1 aliphatic rings. The number of hydrazine groups is 1. The minimum Gasteiger partial charge on any atom is -0.312 e. The van der Waals surface area contributed by atoms with Crippen molar-refractivity contribution >= 4 is 39.4 Å². The summed E-state index contributed by atoms with van der Waals surface area (Å²) in [6, 6.07) is 7.56. The molecule has 0 aliphatic carbocycles. The van der Waals surface area contributed by atoms with Gasteiger partial charge in [0.15, 0.2) is 0 Å². The molecule has 8 heteroatoms. The van der Waals surface area contributed by atoms with Gasteiger partial charge in [-0.25, -0.2) is 9.97 Å². The highest BCUT2D eigenvalue weighted by Crippen LogP contribution is 2.28. The smallest absolute Gasteiger partial charge is 0.243 e. The number of nitrogens with one attached hydrogen (secondary N) is 2. The lowest BCUT2D eigenvalue weighted by molar-refractivity contribution is -0.125. The summed E-state index contributed by atoms with van der Waals surface area (Å²) < 4.78 is 0.986. The molecule has 2 heterocycles. The second kappa shape index (κ2) is 7.41. The number of rotatable bonds is 4. The molecule has 0 unspecified atom stereocenters. The van der Waals surface area contributed by atoms with Gasteiger partial charge >= 0.3 is 0 Å². The number of carbonyl (C=O) groups is 2. The summed E-state index contributed by atoms with van der Waals surface area (Å²) in [5.74, 6) is -0.405. The Bertz CT molecular complexity index is 850. The van der Waals surface area contributed by atoms with Gasteiger partial charge in [0.1, 0.15) is 0 Å². The number of amides is 2. The third-order valence-electron chi connectivity index (χ3n) is 4.23. The van der Waals surface area contributed by atoms with Crippen LogP contribution < -0.4 is 15.8 Å². The molecule has 1 aliphatic heterocycles. The molecule has 1 saturated heterocycles. The highest BCUT2D eigenvalue weighted by molar-refractivity contribution is 9.10. The molecule has 3 rings (SSSR count). The second-order valence-electron chi connectivity index (χ2n) is 6.43. The van der Waals surface area contributed by atoms with E-state index in [9.17, 15) is 9.59 Å². The van der Waals surface area contributed by atoms with Crippen LogP contribution in [-0.2, 0) is 9.59 Å². The van der Waals surface area contributed by atoms with Crippen LogP contribution in [0.5, 0.6) is 0 Å². The average Bonchev–Trinajstić information content (AvgIpc) is 2.96. The minimum atomic E-state index is -0.426. The number of nitrogens with zero attached hydrogens (tertiary/aromatic N) is 3. The van der Waals surface area contributed by atoms with Crippen LogP contribution in [0.3, 0.4) is 0 Å². The molecule has 0 saturated carbocycles. The van der Waals surface area contributed by atoms with E-state index in [0.29, 0.717) is 12.5 Å². The summed E-state index contributed by atoms with van der Waals surface area (Å²) in [7, 11) is 0. The van der Waals surface area contributed by atoms with Crippen molar-refractivity contribution in [3.05, 3.63) is 45.7 Å². The van der Waals surface area contributed by atoms with Crippen molar-refractivity contribution in [2.45, 2.75) is 27.2 Å². The molecule has 1 atom stereocenters. The maximum Gasteiger partial charge on any atom is 0.243 e. The summed E-state index contributed by atoms with van der Waals surface area (Å²) in [6.45, 7) is 6.03. The van der Waals surface area contributed by atoms with Gasteiger partial charge in [0.05, 0.1) is 5.92 Å². The van der Waals surface area contributed by atoms with Crippen molar-refractivity contribution in [3.8, 4) is 0 Å². The van der Waals surface area contributed by atoms with Crippen molar-refractivity contribution in [1.29, 1.82) is 0 Å². The predicted molar refractivity (Wildman–Crippen MR) is 103 cm³/mol. The van der Waals surface area contributed by atoms with Gasteiger partial charge in [-0.1, -0.05) is 15.9 Å². The fraction of sp³-hybridized carbons (Fsp3) is 0.333. The second-order valence-corrected chi connectivity index (χ2v) is 7.28. The molecule has 136 valence electrons. The number of halogens is 1. The van der Waals surface area contributed by atoms with E-state index in [-0.39, 0.29) is 18.2 Å². The van der Waals surface area contributed by atoms with Crippen molar-refractivity contribution in [2.75, 3.05) is 16.9 Å². The molecule has 0 spiro atoms. The summed E-state index contributed by atoms with van der Waals surface area (Å²) in [5.41, 5.74) is 8.80. The first-order valence-corrected chi connectivity index (χ1v) is 9.07. The molecule has 1 aromatic heterocycles. The Morgan fingerprint density at radius 1 is 1.19 bits per heavy atom. The molecule has 2 amide bonds. The van der Waals surface area contributed by atoms with Crippen LogP contribution in [0.4, 0.5) is 11.6 Å². The Morgan fingerprint density at radius 2 is 1.88 bits per heavy atom. The van der Waals surface area contributed by atoms with Crippen LogP contribution in [0, 0.1) is 26.7 Å². The summed E-state index contributed by atoms with van der Waals surface area (Å²) in [4.78, 5) is 34.8. The maximum atomic E-state index is 12.4. The zero-order valence-corrected chi connectivity index (χ0v) is 16.4. The van der Waals surface area contributed by atoms with Gasteiger partial charge in [-0.05, 0) is 50.6 Å². The predicted octanol–water partition coefficient (Wildman–Crippen LogP) is 2.66. The third-order valence-corrected chi connectivity index (χ3v) is 5.12. The number of aromatic nitrogens is 2. The fourth-order valence-electron chi connectivity index (χ4n) is 2.93. The molecular weight excluding hydrogens is 398 g/mol. The maximum absolute atomic E-state index is 12.4. The van der Waals surface area contributed by atoms with Crippen LogP contribution in [0.1, 0.15) is 23.4 Å². The van der Waals surface area contributed by atoms with E-state index in [0.717, 1.165) is 27.1 Å². The zero-order chi connectivity index (χ0) is 18.8. The number of hydrogen-bond donors (Lipinski definition) is 2. The summed E-state index contributed by atoms with van der Waals surface area (Å²) in [6.07, 6.45) is 0.177. The molecule has 1 aromatic carbocycles. The topological polar surface area (TPSA) is 87.2 Å². The van der Waals surface area contributed by atoms with E-state index in [2.05, 4.69) is 36.7 Å². The first-order valence-electron chi connectivity index (χ1n) is 8.28. The van der Waals surface area contributed by atoms with Crippen molar-refractivity contribution in [1.82, 2.24) is 15.4 Å². The molecule has 2 N–H and O–H groups in total. The van der Waals surface area contributed by atoms with Gasteiger partial charge in [-0.15, -0.1) is 0 Å². The quantitative estimate of drug-likeness (QED) is 0.746. The SMILES string of the molecule is Cc1cc(C)nc(NNC(=O)[C@@H]2CC(=O)N(c3ccc(Br)c(C)c3)C2)n1. The van der Waals surface area contributed by atoms with Gasteiger partial charge in [0.25, 0.3) is 0 Å². The van der Waals surface area contributed by atoms with E-state index in [1.165, 1.54) is 0 Å².